The first-order valence-electron chi connectivity index (χ1n) is 44.4. The van der Waals surface area contributed by atoms with Crippen molar-refractivity contribution in [2.75, 3.05) is 39.3 Å². The number of fused-ring (bicyclic) bond motifs is 2. The number of aliphatic hydroxyl groups is 1. The van der Waals surface area contributed by atoms with Gasteiger partial charge in [0.1, 0.15) is 84.4 Å². The Balaban J connectivity index is 1.55. The minimum atomic E-state index is -2.02. The smallest absolute Gasteiger partial charge is 0.246 e. The SMILES string of the molecule is CC(=O)NCCCC[C@@H]1NC(=O)[C@H](Cc2c[nH]c3c(C)cccc23)NC(=O)[C@H]([C@@H](C)O)NC(=O)[C@H](CCNC(C)=O)NC(=O)[C@@H](NC(C)=O)C(C)(C)SSC(C)(C)[C@@H](C(=O)N[C@@H](Cc2ccc(OCCN)cc2)C(=O)N[C@@H](Cc2ccc3ccccc3c2)C(=O)N[C@@](C)(CCCCN)C(=O)N[C@@H](CCCCNC(C)=O)C(=O)N[C@@H](CC(N)=O)C(=O)N[C@H](CC(C)C)C(N)=O)NC1=O. The largest absolute Gasteiger partial charge is 0.492 e. The molecule has 0 spiro atoms. The first-order valence-corrected chi connectivity index (χ1v) is 46.5. The second-order valence-corrected chi connectivity index (χ2v) is 38.5. The number of benzene rings is 4. The molecule has 0 unspecified atom stereocenters. The Bertz CT molecular complexity index is 4880. The van der Waals surface area contributed by atoms with Gasteiger partial charge in [0.25, 0.3) is 0 Å². The van der Waals surface area contributed by atoms with E-state index in [1.54, 1.807) is 108 Å². The highest BCUT2D eigenvalue weighted by Crippen LogP contribution is 2.47. The molecule has 1 aliphatic rings. The lowest BCUT2D eigenvalue weighted by molar-refractivity contribution is -0.138. The van der Waals surface area contributed by atoms with Crippen molar-refractivity contribution < 1.29 is 91.4 Å². The molecule has 25 N–H and O–H groups in total. The number of carbonyl (C=O) groups excluding carboxylic acids is 17. The van der Waals surface area contributed by atoms with Crippen LogP contribution >= 0.6 is 21.6 Å². The van der Waals surface area contributed by atoms with E-state index in [9.17, 15) is 53.1 Å². The molecule has 1 fully saturated rings. The summed E-state index contributed by atoms with van der Waals surface area (Å²) < 4.78 is 2.66. The van der Waals surface area contributed by atoms with Crippen LogP contribution in [0.25, 0.3) is 21.7 Å². The number of nitrogens with one attached hydrogen (secondary N) is 16. The third kappa shape index (κ3) is 35.0. The number of ether oxygens (including phenoxy) is 1. The molecule has 132 heavy (non-hydrogen) atoms. The number of aliphatic hydroxyl groups excluding tert-OH is 1. The standard InChI is InChI=1S/C91H134N20O19S2/c1-50(2)43-67(77(95)118)103-83(124)71(48-72(94)117)105-78(119)65(28-17-21-40-97-54(6)114)108-88(129)91(13,36-18-19-37-92)111-84(125)69(46-58-29-32-59-24-14-15-25-60(59)44-58)104-81(122)68(45-57-30-33-62(34-31-57)130-42-38-93)107-87(128)76-90(11,12)132-131-89(9,10)75(100-56(8)116)86(127)102-66(35-41-98-55(7)115)79(120)109-74(52(4)112)85(126)106-70(47-61-49-99-73-51(3)23-22-26-63(61)73)82(123)101-64(80(121)110-76)27-16-20-39-96-53(5)113/h14-15,22-26,29-34,44,49-50,52,64-71,74-76,99,112H,16-21,27-28,35-43,45-48,92-93H2,1-13H3,(H2,94,117)(H2,95,118)(H,96,113)(H,97,114)(H,98,115)(H,100,116)(H,101,123)(H,102,127)(H,103,124)(H,104,122)(H,105,119)(H,106,126)(H,107,128)(H,108,129)(H,109,120)(H,110,121)(H,111,125)/t52-,64+,65+,66+,67-,68+,69+,70+,71+,74+,75-,76-,91+/m1/s1. The van der Waals surface area contributed by atoms with Gasteiger partial charge in [-0.15, -0.1) is 0 Å². The van der Waals surface area contributed by atoms with Crippen molar-refractivity contribution in [3.05, 3.63) is 113 Å². The number of para-hydroxylation sites is 1. The molecule has 1 saturated heterocycles. The van der Waals surface area contributed by atoms with Crippen LogP contribution < -0.4 is 107 Å². The van der Waals surface area contributed by atoms with Gasteiger partial charge in [0.15, 0.2) is 0 Å². The maximum Gasteiger partial charge on any atom is 0.246 e. The molecule has 5 aromatic rings. The number of carbonyl (C=O) groups is 17. The van der Waals surface area contributed by atoms with Gasteiger partial charge in [0.05, 0.1) is 12.5 Å². The van der Waals surface area contributed by atoms with Gasteiger partial charge in [-0.3, -0.25) is 81.5 Å². The number of rotatable bonds is 45. The fraction of sp³-hybridized carbons (Fsp3) is 0.549. The van der Waals surface area contributed by atoms with Crippen LogP contribution in [0, 0.1) is 12.8 Å². The maximum atomic E-state index is 16.4. The van der Waals surface area contributed by atoms with Crippen LogP contribution in [0.1, 0.15) is 182 Å². The van der Waals surface area contributed by atoms with Gasteiger partial charge in [-0.2, -0.15) is 0 Å². The van der Waals surface area contributed by atoms with Gasteiger partial charge in [-0.25, -0.2) is 0 Å². The minimum absolute atomic E-state index is 0.0872. The quantitative estimate of drug-likeness (QED) is 0.0183. The van der Waals surface area contributed by atoms with E-state index in [-0.39, 0.29) is 141 Å². The number of H-pyrrole nitrogens is 1. The molecule has 6 rings (SSSR count). The molecular formula is C91H134N20O19S2. The van der Waals surface area contributed by atoms with Crippen molar-refractivity contribution in [1.82, 2.24) is 84.7 Å². The average molecular weight is 1880 g/mol. The molecule has 4 aromatic carbocycles. The highest BCUT2D eigenvalue weighted by atomic mass is 33.1. The van der Waals surface area contributed by atoms with E-state index in [1.165, 1.54) is 34.6 Å². The summed E-state index contributed by atoms with van der Waals surface area (Å²) in [6.45, 7) is 19.7. The second-order valence-electron chi connectivity index (χ2n) is 35.0. The van der Waals surface area contributed by atoms with E-state index < -0.39 is 183 Å². The summed E-state index contributed by atoms with van der Waals surface area (Å²) in [4.78, 5) is 247. The van der Waals surface area contributed by atoms with Crippen molar-refractivity contribution in [2.45, 2.75) is 274 Å². The number of aromatic amines is 1. The first kappa shape index (κ1) is 109. The van der Waals surface area contributed by atoms with Gasteiger partial charge in [-0.1, -0.05) is 108 Å². The summed E-state index contributed by atoms with van der Waals surface area (Å²) >= 11 is 0. The Labute approximate surface area is 776 Å². The Kier molecular flexibility index (Phi) is 43.1. The second kappa shape index (κ2) is 52.3. The van der Waals surface area contributed by atoms with Gasteiger partial charge in [0, 0.05) is 99.7 Å². The highest BCUT2D eigenvalue weighted by molar-refractivity contribution is 8.77. The van der Waals surface area contributed by atoms with E-state index in [4.69, 9.17) is 27.7 Å². The molecule has 0 aliphatic carbocycles. The van der Waals surface area contributed by atoms with Crippen LogP contribution in [0.4, 0.5) is 0 Å². The molecule has 0 bridgehead atoms. The number of aryl methyl sites for hydroxylation is 1. The molecular weight excluding hydrogens is 1740 g/mol. The number of primary amides is 2. The lowest BCUT2D eigenvalue weighted by Gasteiger charge is -2.39. The molecule has 0 saturated carbocycles. The lowest BCUT2D eigenvalue weighted by Crippen LogP contribution is -2.65. The van der Waals surface area contributed by atoms with Gasteiger partial charge in [0.2, 0.25) is 100 Å². The minimum Gasteiger partial charge on any atom is -0.492 e. The topological polar surface area (TPSA) is 620 Å². The monoisotopic (exact) mass is 1870 g/mol. The van der Waals surface area contributed by atoms with Crippen LogP contribution in [0.3, 0.4) is 0 Å². The average Bonchev–Trinajstić information content (AvgIpc) is 1.78. The fourth-order valence-electron chi connectivity index (χ4n) is 14.8. The van der Waals surface area contributed by atoms with Crippen LogP contribution in [-0.2, 0) is 101 Å². The summed E-state index contributed by atoms with van der Waals surface area (Å²) in [6, 6.07) is 6.40. The van der Waals surface area contributed by atoms with Crippen molar-refractivity contribution in [1.29, 1.82) is 0 Å². The number of hydrogen-bond acceptors (Lipinski definition) is 23. The number of hydrogen-bond donors (Lipinski definition) is 21. The fourth-order valence-corrected chi connectivity index (χ4v) is 17.7. The molecule has 13 atom stereocenters. The van der Waals surface area contributed by atoms with E-state index in [0.29, 0.717) is 39.8 Å². The molecule has 17 amide bonds. The van der Waals surface area contributed by atoms with E-state index in [0.717, 1.165) is 44.8 Å². The Morgan fingerprint density at radius 3 is 1.73 bits per heavy atom. The Morgan fingerprint density at radius 2 is 1.11 bits per heavy atom. The zero-order valence-electron chi connectivity index (χ0n) is 77.4. The first-order chi connectivity index (χ1) is 62.2. The summed E-state index contributed by atoms with van der Waals surface area (Å²) in [6.07, 6.45) is -1.31. The Morgan fingerprint density at radius 1 is 0.545 bits per heavy atom. The number of amides is 17. The lowest BCUT2D eigenvalue weighted by atomic mass is 9.91. The normalized spacial score (nSPS) is 19.1. The van der Waals surface area contributed by atoms with Crippen LogP contribution in [-0.4, -0.2) is 237 Å². The summed E-state index contributed by atoms with van der Waals surface area (Å²) in [5.41, 5.74) is 24.0. The van der Waals surface area contributed by atoms with Crippen LogP contribution in [0.5, 0.6) is 5.75 Å². The summed E-state index contributed by atoms with van der Waals surface area (Å²) in [7, 11) is 1.89. The highest BCUT2D eigenvalue weighted by Gasteiger charge is 2.47. The molecule has 1 aliphatic heterocycles. The molecule has 0 radical (unpaired) electrons. The number of aromatic nitrogens is 1. The molecule has 41 heteroatoms. The van der Waals surface area contributed by atoms with Crippen LogP contribution in [0.2, 0.25) is 0 Å². The number of nitrogens with two attached hydrogens (primary N) is 4. The van der Waals surface area contributed by atoms with Crippen molar-refractivity contribution in [2.24, 2.45) is 28.9 Å². The van der Waals surface area contributed by atoms with Crippen LogP contribution in [0.15, 0.2) is 91.1 Å². The van der Waals surface area contributed by atoms with Gasteiger partial charge < -0.3 is 118 Å². The van der Waals surface area contributed by atoms with Crippen molar-refractivity contribution >= 4 is 144 Å². The maximum absolute atomic E-state index is 16.4. The van der Waals surface area contributed by atoms with Gasteiger partial charge >= 0.3 is 0 Å². The third-order valence-electron chi connectivity index (χ3n) is 22.1. The molecule has 39 nitrogen and oxygen atoms in total. The van der Waals surface area contributed by atoms with Crippen molar-refractivity contribution in [3.8, 4) is 5.75 Å². The van der Waals surface area contributed by atoms with Gasteiger partial charge in [-0.05, 0) is 177 Å². The van der Waals surface area contributed by atoms with E-state index in [1.807, 2.05) is 31.2 Å². The molecule has 724 valence electrons. The van der Waals surface area contributed by atoms with Crippen molar-refractivity contribution in [3.63, 3.8) is 0 Å². The number of unbranched alkanes of at least 4 members (excludes halogenated alkanes) is 3. The Hall–Kier alpha value is -11.9. The zero-order valence-corrected chi connectivity index (χ0v) is 79.1. The molecule has 1 aromatic heterocycles. The van der Waals surface area contributed by atoms with E-state index >= 15 is 33.6 Å². The predicted octanol–water partition coefficient (Wildman–Crippen LogP) is 0.230. The summed E-state index contributed by atoms with van der Waals surface area (Å²) in [5, 5.41) is 54.2. The summed E-state index contributed by atoms with van der Waals surface area (Å²) in [5.74, 6) is -14.7. The molecule has 2 heterocycles. The van der Waals surface area contributed by atoms with E-state index in [2.05, 4.69) is 84.7 Å². The zero-order chi connectivity index (χ0) is 97.9. The third-order valence-corrected chi connectivity index (χ3v) is 26.4. The predicted molar refractivity (Wildman–Crippen MR) is 501 cm³/mol.